The maximum atomic E-state index is 13.3. The summed E-state index contributed by atoms with van der Waals surface area (Å²) in [6.07, 6.45) is 2.18. The number of halogens is 3. The molecule has 7 heteroatoms. The number of nitrogens with two attached hydrogens (primary N) is 1. The zero-order chi connectivity index (χ0) is 23.0. The number of nitrogens with zero attached hydrogens (tertiary/aromatic N) is 2. The summed E-state index contributed by atoms with van der Waals surface area (Å²) in [6, 6.07) is 3.94. The van der Waals surface area contributed by atoms with Crippen molar-refractivity contribution in [3.8, 4) is 0 Å². The molecule has 1 aromatic carbocycles. The van der Waals surface area contributed by atoms with Crippen LogP contribution < -0.4 is 10.6 Å². The van der Waals surface area contributed by atoms with Crippen LogP contribution in [0.1, 0.15) is 38.7 Å². The first-order chi connectivity index (χ1) is 14.9. The Labute approximate surface area is 188 Å². The molecule has 3 nitrogen and oxygen atoms in total. The number of piperidine rings is 1. The standard InChI is InChI=1S/C22H28F3N3S.C2H6/c1-3-18-20(4-2)29-21-7-6-17(22(23,24)25)14-19(21)28(18)11-5-10-27-12-8-16(15-26)9-13-27;1-2/h3-4,6-7,14,16H,1-2,5,8-13,15,26H2;1-2H3. The Hall–Kier alpha value is -1.70. The van der Waals surface area contributed by atoms with Crippen LogP contribution >= 0.6 is 11.8 Å². The minimum atomic E-state index is -4.37. The fourth-order valence-electron chi connectivity index (χ4n) is 3.92. The third kappa shape index (κ3) is 6.40. The molecule has 3 rings (SSSR count). The zero-order valence-corrected chi connectivity index (χ0v) is 19.4. The molecular weight excluding hydrogens is 419 g/mol. The number of hydrogen-bond donors (Lipinski definition) is 1. The van der Waals surface area contributed by atoms with Crippen molar-refractivity contribution < 1.29 is 13.2 Å². The summed E-state index contributed by atoms with van der Waals surface area (Å²) in [5.74, 6) is 0.614. The van der Waals surface area contributed by atoms with Crippen molar-refractivity contribution in [2.75, 3.05) is 37.6 Å². The van der Waals surface area contributed by atoms with Crippen LogP contribution in [0.25, 0.3) is 0 Å². The third-order valence-electron chi connectivity index (χ3n) is 5.62. The van der Waals surface area contributed by atoms with E-state index >= 15 is 0 Å². The first kappa shape index (κ1) is 25.6. The summed E-state index contributed by atoms with van der Waals surface area (Å²) < 4.78 is 39.8. The quantitative estimate of drug-likeness (QED) is 0.526. The molecule has 2 aliphatic rings. The van der Waals surface area contributed by atoms with Gasteiger partial charge in [0.2, 0.25) is 0 Å². The lowest BCUT2D eigenvalue weighted by Crippen LogP contribution is -2.38. The third-order valence-corrected chi connectivity index (χ3v) is 6.78. The minimum Gasteiger partial charge on any atom is -0.340 e. The highest BCUT2D eigenvalue weighted by molar-refractivity contribution is 8.03. The molecule has 0 saturated carbocycles. The van der Waals surface area contributed by atoms with Crippen molar-refractivity contribution in [1.82, 2.24) is 4.90 Å². The highest BCUT2D eigenvalue weighted by Crippen LogP contribution is 2.46. The molecule has 0 atom stereocenters. The van der Waals surface area contributed by atoms with Gasteiger partial charge >= 0.3 is 6.18 Å². The molecule has 2 heterocycles. The molecule has 0 aliphatic carbocycles. The summed E-state index contributed by atoms with van der Waals surface area (Å²) in [5.41, 5.74) is 6.54. The number of allylic oxidation sites excluding steroid dienone is 2. The Morgan fingerprint density at radius 2 is 1.81 bits per heavy atom. The predicted octanol–water partition coefficient (Wildman–Crippen LogP) is 6.29. The molecule has 2 N–H and O–H groups in total. The fraction of sp³-hybridized carbons (Fsp3) is 0.500. The van der Waals surface area contributed by atoms with Crippen molar-refractivity contribution in [2.24, 2.45) is 11.7 Å². The Balaban J connectivity index is 0.00000166. The van der Waals surface area contributed by atoms with Gasteiger partial charge in [-0.1, -0.05) is 44.8 Å². The lowest BCUT2D eigenvalue weighted by atomic mass is 9.97. The van der Waals surface area contributed by atoms with Crippen LogP contribution in [-0.4, -0.2) is 37.6 Å². The number of hydrogen-bond acceptors (Lipinski definition) is 4. The molecule has 0 amide bonds. The lowest BCUT2D eigenvalue weighted by Gasteiger charge is -2.35. The summed E-state index contributed by atoms with van der Waals surface area (Å²) >= 11 is 1.44. The topological polar surface area (TPSA) is 32.5 Å². The van der Waals surface area contributed by atoms with Crippen LogP contribution in [0.3, 0.4) is 0 Å². The van der Waals surface area contributed by atoms with Crippen molar-refractivity contribution in [3.05, 3.63) is 59.7 Å². The van der Waals surface area contributed by atoms with E-state index < -0.39 is 11.7 Å². The van der Waals surface area contributed by atoms with Crippen LogP contribution in [-0.2, 0) is 6.18 Å². The van der Waals surface area contributed by atoms with Gasteiger partial charge < -0.3 is 15.5 Å². The number of rotatable bonds is 7. The Morgan fingerprint density at radius 3 is 2.35 bits per heavy atom. The first-order valence-electron chi connectivity index (χ1n) is 11.0. The molecule has 0 radical (unpaired) electrons. The van der Waals surface area contributed by atoms with Crippen LogP contribution in [0.4, 0.5) is 18.9 Å². The van der Waals surface area contributed by atoms with Crippen molar-refractivity contribution in [3.63, 3.8) is 0 Å². The Morgan fingerprint density at radius 1 is 1.13 bits per heavy atom. The van der Waals surface area contributed by atoms with E-state index in [1.165, 1.54) is 17.8 Å². The minimum absolute atomic E-state index is 0.590. The van der Waals surface area contributed by atoms with Gasteiger partial charge in [0.15, 0.2) is 0 Å². The van der Waals surface area contributed by atoms with Gasteiger partial charge in [-0.3, -0.25) is 0 Å². The van der Waals surface area contributed by atoms with E-state index in [0.717, 1.165) is 67.0 Å². The molecule has 1 aromatic rings. The van der Waals surface area contributed by atoms with E-state index in [-0.39, 0.29) is 0 Å². The van der Waals surface area contributed by atoms with Crippen LogP contribution in [0, 0.1) is 5.92 Å². The van der Waals surface area contributed by atoms with E-state index in [1.807, 2.05) is 18.7 Å². The Kier molecular flexibility index (Phi) is 9.72. The molecule has 0 bridgehead atoms. The molecule has 2 aliphatic heterocycles. The average Bonchev–Trinajstić information content (AvgIpc) is 2.79. The van der Waals surface area contributed by atoms with Gasteiger partial charge in [0, 0.05) is 16.3 Å². The van der Waals surface area contributed by atoms with Gasteiger partial charge in [-0.2, -0.15) is 13.2 Å². The van der Waals surface area contributed by atoms with E-state index in [9.17, 15) is 13.2 Å². The van der Waals surface area contributed by atoms with Crippen LogP contribution in [0.5, 0.6) is 0 Å². The number of thioether (sulfide) groups is 1. The van der Waals surface area contributed by atoms with Crippen molar-refractivity contribution >= 4 is 17.4 Å². The largest absolute Gasteiger partial charge is 0.416 e. The highest BCUT2D eigenvalue weighted by Gasteiger charge is 2.33. The number of anilines is 1. The van der Waals surface area contributed by atoms with Gasteiger partial charge in [0.1, 0.15) is 0 Å². The maximum Gasteiger partial charge on any atom is 0.416 e. The van der Waals surface area contributed by atoms with E-state index in [2.05, 4.69) is 18.1 Å². The molecule has 1 fully saturated rings. The molecule has 0 unspecified atom stereocenters. The number of likely N-dealkylation sites (tertiary alicyclic amines) is 1. The van der Waals surface area contributed by atoms with E-state index in [0.29, 0.717) is 18.2 Å². The number of fused-ring (bicyclic) bond motifs is 1. The monoisotopic (exact) mass is 453 g/mol. The van der Waals surface area contributed by atoms with Crippen LogP contribution in [0.15, 0.2) is 59.0 Å². The van der Waals surface area contributed by atoms with Gasteiger partial charge in [0.25, 0.3) is 0 Å². The highest BCUT2D eigenvalue weighted by atomic mass is 32.2. The second-order valence-corrected chi connectivity index (χ2v) is 8.55. The molecule has 0 spiro atoms. The summed E-state index contributed by atoms with van der Waals surface area (Å²) in [6.45, 7) is 16.1. The summed E-state index contributed by atoms with van der Waals surface area (Å²) in [5, 5.41) is 0. The van der Waals surface area contributed by atoms with Crippen molar-refractivity contribution in [1.29, 1.82) is 0 Å². The summed E-state index contributed by atoms with van der Waals surface area (Å²) in [4.78, 5) is 6.10. The number of alkyl halides is 3. The number of benzene rings is 1. The fourth-order valence-corrected chi connectivity index (χ4v) is 4.95. The van der Waals surface area contributed by atoms with Gasteiger partial charge in [-0.05, 0) is 75.6 Å². The second-order valence-electron chi connectivity index (χ2n) is 7.47. The average molecular weight is 454 g/mol. The molecule has 31 heavy (non-hydrogen) atoms. The predicted molar refractivity (Wildman–Crippen MR) is 126 cm³/mol. The van der Waals surface area contributed by atoms with E-state index in [4.69, 9.17) is 5.73 Å². The normalized spacial score (nSPS) is 17.7. The second kappa shape index (κ2) is 11.8. The molecule has 0 aromatic heterocycles. The maximum absolute atomic E-state index is 13.3. The van der Waals surface area contributed by atoms with Crippen LogP contribution in [0.2, 0.25) is 0 Å². The van der Waals surface area contributed by atoms with E-state index in [1.54, 1.807) is 18.2 Å². The Bertz CT molecular complexity index is 781. The first-order valence-corrected chi connectivity index (χ1v) is 11.8. The zero-order valence-electron chi connectivity index (χ0n) is 18.5. The van der Waals surface area contributed by atoms with Gasteiger partial charge in [0.05, 0.1) is 16.9 Å². The van der Waals surface area contributed by atoms with Gasteiger partial charge in [-0.15, -0.1) is 0 Å². The molecule has 1 saturated heterocycles. The summed E-state index contributed by atoms with van der Waals surface area (Å²) in [7, 11) is 0. The molecular formula is C24H34F3N3S. The lowest BCUT2D eigenvalue weighted by molar-refractivity contribution is -0.137. The SMILES string of the molecule is C=CC1=C(C=C)N(CCCN2CCC(CN)CC2)c2cc(C(F)(F)F)ccc2S1.CC. The van der Waals surface area contributed by atoms with Crippen molar-refractivity contribution in [2.45, 2.75) is 44.2 Å². The smallest absolute Gasteiger partial charge is 0.340 e. The van der Waals surface area contributed by atoms with Gasteiger partial charge in [-0.25, -0.2) is 0 Å². The molecule has 172 valence electrons.